The van der Waals surface area contributed by atoms with E-state index in [-0.39, 0.29) is 11.6 Å². The van der Waals surface area contributed by atoms with Crippen molar-refractivity contribution in [2.45, 2.75) is 6.92 Å². The van der Waals surface area contributed by atoms with Crippen molar-refractivity contribution < 1.29 is 9.72 Å². The number of nitro groups is 1. The normalized spacial score (nSPS) is 15.5. The van der Waals surface area contributed by atoms with Gasteiger partial charge in [-0.3, -0.25) is 19.8 Å². The van der Waals surface area contributed by atoms with E-state index in [1.807, 2.05) is 4.90 Å². The molecule has 1 saturated heterocycles. The van der Waals surface area contributed by atoms with E-state index in [0.717, 1.165) is 0 Å². The summed E-state index contributed by atoms with van der Waals surface area (Å²) in [6, 6.07) is 6.64. The molecule has 0 atom stereocenters. The average Bonchev–Trinajstić information content (AvgIpc) is 2.47. The first kappa shape index (κ1) is 14.9. The molecular weight excluding hydrogens is 272 g/mol. The number of piperazine rings is 1. The smallest absolute Gasteiger partial charge is 0.273 e. The first-order valence-corrected chi connectivity index (χ1v) is 6.67. The maximum atomic E-state index is 12.5. The Hall–Kier alpha value is -2.46. The fourth-order valence-electron chi connectivity index (χ4n) is 2.43. The molecule has 0 spiro atoms. The number of hydrogen-bond acceptors (Lipinski definition) is 5. The highest BCUT2D eigenvalue weighted by molar-refractivity contribution is 5.96. The molecule has 1 amide bonds. The third-order valence-corrected chi connectivity index (χ3v) is 3.69. The number of nitriles is 1. The lowest BCUT2D eigenvalue weighted by molar-refractivity contribution is -0.385. The fourth-order valence-corrected chi connectivity index (χ4v) is 2.43. The van der Waals surface area contributed by atoms with E-state index < -0.39 is 4.92 Å². The number of rotatable bonds is 3. The van der Waals surface area contributed by atoms with Crippen molar-refractivity contribution in [3.05, 3.63) is 39.4 Å². The molecule has 110 valence electrons. The maximum Gasteiger partial charge on any atom is 0.273 e. The van der Waals surface area contributed by atoms with Crippen molar-refractivity contribution in [3.8, 4) is 6.07 Å². The monoisotopic (exact) mass is 288 g/mol. The van der Waals surface area contributed by atoms with Crippen molar-refractivity contribution in [1.82, 2.24) is 9.80 Å². The van der Waals surface area contributed by atoms with Gasteiger partial charge in [-0.25, -0.2) is 0 Å². The van der Waals surface area contributed by atoms with Crippen LogP contribution < -0.4 is 0 Å². The molecule has 0 saturated carbocycles. The molecule has 1 fully saturated rings. The summed E-state index contributed by atoms with van der Waals surface area (Å²) in [4.78, 5) is 26.6. The van der Waals surface area contributed by atoms with Crippen LogP contribution in [0.3, 0.4) is 0 Å². The molecule has 2 rings (SSSR count). The standard InChI is InChI=1S/C14H16N4O3/c1-11-12(3-2-4-13(11)18(20)21)14(19)17-9-7-16(6-5-15)8-10-17/h2-4H,6-10H2,1H3. The quantitative estimate of drug-likeness (QED) is 0.473. The van der Waals surface area contributed by atoms with E-state index in [1.165, 1.54) is 12.1 Å². The van der Waals surface area contributed by atoms with Crippen molar-refractivity contribution >= 4 is 11.6 Å². The topological polar surface area (TPSA) is 90.5 Å². The lowest BCUT2D eigenvalue weighted by atomic mass is 10.1. The van der Waals surface area contributed by atoms with Gasteiger partial charge >= 0.3 is 0 Å². The highest BCUT2D eigenvalue weighted by Gasteiger charge is 2.25. The SMILES string of the molecule is Cc1c(C(=O)N2CCN(CC#N)CC2)cccc1[N+](=O)[O-]. The summed E-state index contributed by atoms with van der Waals surface area (Å²) in [5, 5.41) is 19.6. The molecule has 7 nitrogen and oxygen atoms in total. The lowest BCUT2D eigenvalue weighted by Gasteiger charge is -2.33. The van der Waals surface area contributed by atoms with E-state index in [2.05, 4.69) is 6.07 Å². The van der Waals surface area contributed by atoms with Crippen LogP contribution in [0.25, 0.3) is 0 Å². The second-order valence-electron chi connectivity index (χ2n) is 4.93. The van der Waals surface area contributed by atoms with Gasteiger partial charge in [-0.15, -0.1) is 0 Å². The van der Waals surface area contributed by atoms with Gasteiger partial charge in [0.05, 0.1) is 17.5 Å². The minimum atomic E-state index is -0.475. The van der Waals surface area contributed by atoms with Gasteiger partial charge in [0.25, 0.3) is 11.6 Å². The Kier molecular flexibility index (Phi) is 4.50. The Morgan fingerprint density at radius 3 is 2.62 bits per heavy atom. The molecule has 1 aliphatic rings. The second kappa shape index (κ2) is 6.33. The predicted octanol–water partition coefficient (Wildman–Crippen LogP) is 1.18. The highest BCUT2D eigenvalue weighted by atomic mass is 16.6. The van der Waals surface area contributed by atoms with Crippen molar-refractivity contribution in [2.24, 2.45) is 0 Å². The Balaban J connectivity index is 2.13. The molecule has 1 aliphatic heterocycles. The van der Waals surface area contributed by atoms with Crippen LogP contribution in [0.15, 0.2) is 18.2 Å². The Bertz CT molecular complexity index is 601. The zero-order chi connectivity index (χ0) is 15.4. The zero-order valence-electron chi connectivity index (χ0n) is 11.8. The Morgan fingerprint density at radius 1 is 1.38 bits per heavy atom. The van der Waals surface area contributed by atoms with Crippen LogP contribution in [-0.4, -0.2) is 53.4 Å². The van der Waals surface area contributed by atoms with Gasteiger partial charge in [0.2, 0.25) is 0 Å². The van der Waals surface area contributed by atoms with Crippen LogP contribution in [0.5, 0.6) is 0 Å². The third-order valence-electron chi connectivity index (χ3n) is 3.69. The van der Waals surface area contributed by atoms with Crippen molar-refractivity contribution in [2.75, 3.05) is 32.7 Å². The van der Waals surface area contributed by atoms with Gasteiger partial charge in [0.1, 0.15) is 0 Å². The van der Waals surface area contributed by atoms with Crippen LogP contribution in [0.1, 0.15) is 15.9 Å². The number of carbonyl (C=O) groups excluding carboxylic acids is 1. The number of nitro benzene ring substituents is 1. The van der Waals surface area contributed by atoms with Crippen molar-refractivity contribution in [1.29, 1.82) is 5.26 Å². The molecule has 0 N–H and O–H groups in total. The van der Waals surface area contributed by atoms with Crippen LogP contribution >= 0.6 is 0 Å². The first-order chi connectivity index (χ1) is 10.0. The van der Waals surface area contributed by atoms with Crippen LogP contribution in [-0.2, 0) is 0 Å². The average molecular weight is 288 g/mol. The number of carbonyl (C=O) groups is 1. The van der Waals surface area contributed by atoms with E-state index in [0.29, 0.717) is 43.9 Å². The predicted molar refractivity (Wildman–Crippen MR) is 75.8 cm³/mol. The highest BCUT2D eigenvalue weighted by Crippen LogP contribution is 2.22. The molecule has 0 bridgehead atoms. The summed E-state index contributed by atoms with van der Waals surface area (Å²) in [6.45, 7) is 4.31. The molecule has 0 unspecified atom stereocenters. The molecule has 0 aliphatic carbocycles. The van der Waals surface area contributed by atoms with Crippen LogP contribution in [0, 0.1) is 28.4 Å². The zero-order valence-corrected chi connectivity index (χ0v) is 11.8. The van der Waals surface area contributed by atoms with E-state index in [1.54, 1.807) is 17.9 Å². The molecule has 1 heterocycles. The van der Waals surface area contributed by atoms with E-state index in [9.17, 15) is 14.9 Å². The van der Waals surface area contributed by atoms with Gasteiger partial charge < -0.3 is 4.90 Å². The molecular formula is C14H16N4O3. The van der Waals surface area contributed by atoms with E-state index in [4.69, 9.17) is 5.26 Å². The maximum absolute atomic E-state index is 12.5. The molecule has 0 radical (unpaired) electrons. The molecule has 1 aromatic rings. The van der Waals surface area contributed by atoms with Crippen molar-refractivity contribution in [3.63, 3.8) is 0 Å². The summed E-state index contributed by atoms with van der Waals surface area (Å²) in [6.07, 6.45) is 0. The number of hydrogen-bond donors (Lipinski definition) is 0. The Morgan fingerprint density at radius 2 is 2.05 bits per heavy atom. The fraction of sp³-hybridized carbons (Fsp3) is 0.429. The van der Waals surface area contributed by atoms with Gasteiger partial charge in [-0.05, 0) is 13.0 Å². The minimum Gasteiger partial charge on any atom is -0.336 e. The minimum absolute atomic E-state index is 0.0380. The second-order valence-corrected chi connectivity index (χ2v) is 4.93. The Labute approximate surface area is 122 Å². The van der Waals surface area contributed by atoms with Crippen LogP contribution in [0.2, 0.25) is 0 Å². The summed E-state index contributed by atoms with van der Waals surface area (Å²) in [5.41, 5.74) is 0.730. The summed E-state index contributed by atoms with van der Waals surface area (Å²) >= 11 is 0. The lowest BCUT2D eigenvalue weighted by Crippen LogP contribution is -2.48. The van der Waals surface area contributed by atoms with Gasteiger partial charge in [0, 0.05) is 43.4 Å². The van der Waals surface area contributed by atoms with Gasteiger partial charge in [-0.2, -0.15) is 5.26 Å². The molecule has 7 heteroatoms. The number of nitrogens with zero attached hydrogens (tertiary/aromatic N) is 4. The van der Waals surface area contributed by atoms with E-state index >= 15 is 0 Å². The van der Waals surface area contributed by atoms with Gasteiger partial charge in [0.15, 0.2) is 0 Å². The van der Waals surface area contributed by atoms with Crippen LogP contribution in [0.4, 0.5) is 5.69 Å². The number of amides is 1. The number of benzene rings is 1. The molecule has 0 aromatic heterocycles. The van der Waals surface area contributed by atoms with Gasteiger partial charge in [-0.1, -0.05) is 6.07 Å². The summed E-state index contributed by atoms with van der Waals surface area (Å²) in [5.74, 6) is -0.187. The largest absolute Gasteiger partial charge is 0.336 e. The third kappa shape index (κ3) is 3.17. The molecule has 21 heavy (non-hydrogen) atoms. The summed E-state index contributed by atoms with van der Waals surface area (Å²) < 4.78 is 0. The first-order valence-electron chi connectivity index (χ1n) is 6.67. The summed E-state index contributed by atoms with van der Waals surface area (Å²) in [7, 11) is 0. The molecule has 1 aromatic carbocycles.